The Bertz CT molecular complexity index is 833. The third-order valence-electron chi connectivity index (χ3n) is 4.09. The predicted octanol–water partition coefficient (Wildman–Crippen LogP) is 1.86. The van der Waals surface area contributed by atoms with Gasteiger partial charge < -0.3 is 9.80 Å². The van der Waals surface area contributed by atoms with Crippen molar-refractivity contribution in [3.63, 3.8) is 0 Å². The number of hydrogen-bond donors (Lipinski definition) is 0. The van der Waals surface area contributed by atoms with Gasteiger partial charge in [0.2, 0.25) is 5.91 Å². The highest BCUT2D eigenvalue weighted by Crippen LogP contribution is 2.17. The molecule has 0 spiro atoms. The monoisotopic (exact) mass is 379 g/mol. The number of amides is 1. The number of sulfone groups is 1. The van der Waals surface area contributed by atoms with E-state index in [1.54, 1.807) is 11.1 Å². The van der Waals surface area contributed by atoms with E-state index in [2.05, 4.69) is 9.88 Å². The fourth-order valence-corrected chi connectivity index (χ4v) is 4.06. The Kier molecular flexibility index (Phi) is 5.24. The molecule has 0 atom stereocenters. The number of rotatable bonds is 4. The summed E-state index contributed by atoms with van der Waals surface area (Å²) in [5.74, 6) is -0.0444. The minimum atomic E-state index is -3.67. The number of anilines is 1. The van der Waals surface area contributed by atoms with Gasteiger partial charge in [-0.3, -0.25) is 4.79 Å². The number of carbonyl (C=O) groups excluding carboxylic acids is 1. The average molecular weight is 380 g/mol. The molecule has 2 aromatic rings. The van der Waals surface area contributed by atoms with Gasteiger partial charge in [-0.15, -0.1) is 0 Å². The summed E-state index contributed by atoms with van der Waals surface area (Å²) >= 11 is 5.77. The molecule has 3 rings (SSSR count). The molecular formula is C17H18ClN3O3S. The standard InChI is InChI=1S/C17H18ClN3O3S/c18-14-4-6-15(7-5-14)25(23,24)13-17(22)21-11-9-20(10-12-21)16-3-1-2-8-19-16/h1-8H,9-13H2. The Labute approximate surface area is 152 Å². The highest BCUT2D eigenvalue weighted by Gasteiger charge is 2.26. The zero-order valence-corrected chi connectivity index (χ0v) is 15.1. The van der Waals surface area contributed by atoms with Gasteiger partial charge in [0.05, 0.1) is 4.90 Å². The number of halogens is 1. The summed E-state index contributed by atoms with van der Waals surface area (Å²) in [6.45, 7) is 2.21. The molecule has 1 amide bonds. The third kappa shape index (κ3) is 4.29. The van der Waals surface area contributed by atoms with Crippen LogP contribution in [-0.2, 0) is 14.6 Å². The summed E-state index contributed by atoms with van der Waals surface area (Å²) in [5, 5.41) is 0.455. The van der Waals surface area contributed by atoms with Gasteiger partial charge in [-0.2, -0.15) is 0 Å². The van der Waals surface area contributed by atoms with Crippen LogP contribution in [0.3, 0.4) is 0 Å². The van der Waals surface area contributed by atoms with E-state index < -0.39 is 15.6 Å². The van der Waals surface area contributed by atoms with Gasteiger partial charge in [0, 0.05) is 37.4 Å². The topological polar surface area (TPSA) is 70.6 Å². The summed E-state index contributed by atoms with van der Waals surface area (Å²) < 4.78 is 24.7. The molecule has 1 aliphatic rings. The highest BCUT2D eigenvalue weighted by atomic mass is 35.5. The van der Waals surface area contributed by atoms with E-state index in [0.717, 1.165) is 5.82 Å². The molecule has 0 bridgehead atoms. The van der Waals surface area contributed by atoms with Gasteiger partial charge in [0.25, 0.3) is 0 Å². The first kappa shape index (κ1) is 17.7. The quantitative estimate of drug-likeness (QED) is 0.810. The number of benzene rings is 1. The highest BCUT2D eigenvalue weighted by molar-refractivity contribution is 7.92. The smallest absolute Gasteiger partial charge is 0.238 e. The van der Waals surface area contributed by atoms with E-state index >= 15 is 0 Å². The Hall–Kier alpha value is -2.12. The number of carbonyl (C=O) groups is 1. The summed E-state index contributed by atoms with van der Waals surface area (Å²) in [7, 11) is -3.67. The van der Waals surface area contributed by atoms with E-state index in [9.17, 15) is 13.2 Å². The van der Waals surface area contributed by atoms with Crippen LogP contribution in [0.25, 0.3) is 0 Å². The van der Waals surface area contributed by atoms with Crippen LogP contribution in [0, 0.1) is 0 Å². The number of nitrogens with zero attached hydrogens (tertiary/aromatic N) is 3. The predicted molar refractivity (Wildman–Crippen MR) is 96.5 cm³/mol. The molecule has 8 heteroatoms. The third-order valence-corrected chi connectivity index (χ3v) is 5.96. The normalized spacial score (nSPS) is 15.2. The Morgan fingerprint density at radius 3 is 2.32 bits per heavy atom. The molecule has 0 N–H and O–H groups in total. The molecule has 1 fully saturated rings. The van der Waals surface area contributed by atoms with Crippen LogP contribution in [0.1, 0.15) is 0 Å². The maximum atomic E-state index is 12.4. The first-order chi connectivity index (χ1) is 12.0. The Morgan fingerprint density at radius 1 is 1.04 bits per heavy atom. The second-order valence-electron chi connectivity index (χ2n) is 5.77. The lowest BCUT2D eigenvalue weighted by molar-refractivity contribution is -0.128. The molecule has 25 heavy (non-hydrogen) atoms. The van der Waals surface area contributed by atoms with Crippen LogP contribution in [0.5, 0.6) is 0 Å². The molecule has 2 heterocycles. The maximum Gasteiger partial charge on any atom is 0.238 e. The Balaban J connectivity index is 1.60. The van der Waals surface area contributed by atoms with E-state index in [4.69, 9.17) is 11.6 Å². The summed E-state index contributed by atoms with van der Waals surface area (Å²) in [6, 6.07) is 11.5. The van der Waals surface area contributed by atoms with Crippen molar-refractivity contribution in [2.75, 3.05) is 36.8 Å². The van der Waals surface area contributed by atoms with Gasteiger partial charge in [-0.25, -0.2) is 13.4 Å². The van der Waals surface area contributed by atoms with Crippen molar-refractivity contribution in [2.45, 2.75) is 4.90 Å². The van der Waals surface area contributed by atoms with Crippen molar-refractivity contribution in [3.05, 3.63) is 53.7 Å². The molecule has 0 aliphatic carbocycles. The molecule has 1 aliphatic heterocycles. The lowest BCUT2D eigenvalue weighted by atomic mass is 10.3. The molecule has 6 nitrogen and oxygen atoms in total. The van der Waals surface area contributed by atoms with Crippen molar-refractivity contribution in [3.8, 4) is 0 Å². The fraction of sp³-hybridized carbons (Fsp3) is 0.294. The molecule has 132 valence electrons. The second kappa shape index (κ2) is 7.41. The molecule has 1 saturated heterocycles. The van der Waals surface area contributed by atoms with E-state index in [1.807, 2.05) is 18.2 Å². The van der Waals surface area contributed by atoms with Crippen LogP contribution in [0.2, 0.25) is 5.02 Å². The first-order valence-electron chi connectivity index (χ1n) is 7.88. The van der Waals surface area contributed by atoms with Crippen molar-refractivity contribution >= 4 is 33.2 Å². The van der Waals surface area contributed by atoms with Crippen LogP contribution in [0.4, 0.5) is 5.82 Å². The zero-order valence-electron chi connectivity index (χ0n) is 13.5. The van der Waals surface area contributed by atoms with Crippen molar-refractivity contribution in [1.29, 1.82) is 0 Å². The average Bonchev–Trinajstić information content (AvgIpc) is 2.62. The molecular weight excluding hydrogens is 362 g/mol. The minimum Gasteiger partial charge on any atom is -0.353 e. The van der Waals surface area contributed by atoms with Gasteiger partial charge in [0.15, 0.2) is 9.84 Å². The maximum absolute atomic E-state index is 12.4. The van der Waals surface area contributed by atoms with Crippen LogP contribution < -0.4 is 4.90 Å². The summed E-state index contributed by atoms with van der Waals surface area (Å²) in [4.78, 5) is 20.5. The van der Waals surface area contributed by atoms with Crippen molar-refractivity contribution in [1.82, 2.24) is 9.88 Å². The van der Waals surface area contributed by atoms with Gasteiger partial charge in [-0.05, 0) is 36.4 Å². The SMILES string of the molecule is O=C(CS(=O)(=O)c1ccc(Cl)cc1)N1CCN(c2ccccn2)CC1. The molecule has 0 saturated carbocycles. The van der Waals surface area contributed by atoms with E-state index in [-0.39, 0.29) is 10.8 Å². The lowest BCUT2D eigenvalue weighted by Crippen LogP contribution is -2.50. The molecule has 1 aromatic heterocycles. The second-order valence-corrected chi connectivity index (χ2v) is 8.19. The lowest BCUT2D eigenvalue weighted by Gasteiger charge is -2.35. The van der Waals surface area contributed by atoms with Crippen LogP contribution >= 0.6 is 11.6 Å². The van der Waals surface area contributed by atoms with Gasteiger partial charge in [0.1, 0.15) is 11.6 Å². The number of hydrogen-bond acceptors (Lipinski definition) is 5. The molecule has 0 radical (unpaired) electrons. The number of pyridine rings is 1. The minimum absolute atomic E-state index is 0.109. The zero-order chi connectivity index (χ0) is 17.9. The van der Waals surface area contributed by atoms with Crippen molar-refractivity contribution < 1.29 is 13.2 Å². The van der Waals surface area contributed by atoms with Crippen LogP contribution in [0.15, 0.2) is 53.6 Å². The van der Waals surface area contributed by atoms with E-state index in [0.29, 0.717) is 31.2 Å². The summed E-state index contributed by atoms with van der Waals surface area (Å²) in [5.41, 5.74) is 0. The molecule has 1 aromatic carbocycles. The number of piperazine rings is 1. The molecule has 0 unspecified atom stereocenters. The fourth-order valence-electron chi connectivity index (χ4n) is 2.70. The van der Waals surface area contributed by atoms with Crippen LogP contribution in [-0.4, -0.2) is 56.1 Å². The van der Waals surface area contributed by atoms with Gasteiger partial charge >= 0.3 is 0 Å². The first-order valence-corrected chi connectivity index (χ1v) is 9.91. The van der Waals surface area contributed by atoms with E-state index in [1.165, 1.54) is 24.3 Å². The summed E-state index contributed by atoms with van der Waals surface area (Å²) in [6.07, 6.45) is 1.73. The number of aromatic nitrogens is 1. The Morgan fingerprint density at radius 2 is 1.72 bits per heavy atom. The largest absolute Gasteiger partial charge is 0.353 e. The van der Waals surface area contributed by atoms with Crippen molar-refractivity contribution in [2.24, 2.45) is 0 Å². The van der Waals surface area contributed by atoms with Gasteiger partial charge in [-0.1, -0.05) is 17.7 Å².